The fourth-order valence-corrected chi connectivity index (χ4v) is 2.76. The van der Waals surface area contributed by atoms with Gasteiger partial charge in [-0.15, -0.1) is 0 Å². The Balaban J connectivity index is 1.63. The Hall–Kier alpha value is -1.86. The SMILES string of the molecule is O=c1c(N2CCNCC2)nccn1CCOc1ccc(Br)cc1. The van der Waals surface area contributed by atoms with E-state index in [0.29, 0.717) is 19.0 Å². The molecule has 23 heavy (non-hydrogen) atoms. The van der Waals surface area contributed by atoms with Crippen molar-refractivity contribution in [1.82, 2.24) is 14.9 Å². The highest BCUT2D eigenvalue weighted by Crippen LogP contribution is 2.16. The second kappa shape index (κ2) is 7.61. The normalized spacial score (nSPS) is 14.7. The Morgan fingerprint density at radius 3 is 2.70 bits per heavy atom. The molecule has 7 heteroatoms. The summed E-state index contributed by atoms with van der Waals surface area (Å²) in [5.41, 5.74) is -0.0613. The summed E-state index contributed by atoms with van der Waals surface area (Å²) in [7, 11) is 0. The monoisotopic (exact) mass is 378 g/mol. The van der Waals surface area contributed by atoms with Crippen molar-refractivity contribution in [2.75, 3.05) is 37.7 Å². The number of hydrogen-bond acceptors (Lipinski definition) is 5. The summed E-state index contributed by atoms with van der Waals surface area (Å²) in [5, 5.41) is 3.27. The smallest absolute Gasteiger partial charge is 0.293 e. The number of piperazine rings is 1. The quantitative estimate of drug-likeness (QED) is 0.853. The molecule has 0 radical (unpaired) electrons. The Kier molecular flexibility index (Phi) is 5.30. The zero-order valence-electron chi connectivity index (χ0n) is 12.7. The van der Waals surface area contributed by atoms with Crippen molar-refractivity contribution in [3.8, 4) is 5.75 Å². The minimum absolute atomic E-state index is 0.0613. The van der Waals surface area contributed by atoms with E-state index in [4.69, 9.17) is 4.74 Å². The summed E-state index contributed by atoms with van der Waals surface area (Å²) < 4.78 is 8.35. The van der Waals surface area contributed by atoms with E-state index in [1.54, 1.807) is 17.0 Å². The van der Waals surface area contributed by atoms with Crippen LogP contribution in [0.1, 0.15) is 0 Å². The molecule has 1 aliphatic heterocycles. The number of halogens is 1. The number of ether oxygens (including phenoxy) is 1. The van der Waals surface area contributed by atoms with E-state index in [9.17, 15) is 4.79 Å². The van der Waals surface area contributed by atoms with Gasteiger partial charge in [0, 0.05) is 43.0 Å². The third kappa shape index (κ3) is 4.11. The maximum atomic E-state index is 12.5. The van der Waals surface area contributed by atoms with E-state index in [1.807, 2.05) is 29.2 Å². The van der Waals surface area contributed by atoms with Crippen LogP contribution in [0.2, 0.25) is 0 Å². The molecule has 6 nitrogen and oxygen atoms in total. The van der Waals surface area contributed by atoms with Crippen LogP contribution < -0.4 is 20.5 Å². The summed E-state index contributed by atoms with van der Waals surface area (Å²) in [6.07, 6.45) is 3.39. The van der Waals surface area contributed by atoms with Gasteiger partial charge in [0.2, 0.25) is 0 Å². The number of rotatable bonds is 5. The fraction of sp³-hybridized carbons (Fsp3) is 0.375. The Morgan fingerprint density at radius 1 is 1.22 bits per heavy atom. The average Bonchev–Trinajstić information content (AvgIpc) is 2.59. The summed E-state index contributed by atoms with van der Waals surface area (Å²) >= 11 is 3.39. The van der Waals surface area contributed by atoms with Crippen LogP contribution in [0.15, 0.2) is 45.9 Å². The number of nitrogens with zero attached hydrogens (tertiary/aromatic N) is 3. The molecule has 0 amide bonds. The molecule has 0 saturated carbocycles. The average molecular weight is 379 g/mol. The molecule has 1 aliphatic rings. The van der Waals surface area contributed by atoms with Crippen molar-refractivity contribution < 1.29 is 4.74 Å². The molecule has 0 unspecified atom stereocenters. The van der Waals surface area contributed by atoms with Gasteiger partial charge in [-0.25, -0.2) is 4.98 Å². The maximum absolute atomic E-state index is 12.5. The van der Waals surface area contributed by atoms with Crippen molar-refractivity contribution in [1.29, 1.82) is 0 Å². The molecule has 0 spiro atoms. The maximum Gasteiger partial charge on any atom is 0.293 e. The van der Waals surface area contributed by atoms with Gasteiger partial charge in [0.15, 0.2) is 5.82 Å². The number of aromatic nitrogens is 2. The molecule has 1 aromatic heterocycles. The molecule has 2 heterocycles. The van der Waals surface area contributed by atoms with Crippen molar-refractivity contribution in [2.45, 2.75) is 6.54 Å². The number of hydrogen-bond donors (Lipinski definition) is 1. The summed E-state index contributed by atoms with van der Waals surface area (Å²) in [4.78, 5) is 18.8. The molecule has 1 aromatic carbocycles. The lowest BCUT2D eigenvalue weighted by atomic mass is 10.3. The van der Waals surface area contributed by atoms with Gasteiger partial charge >= 0.3 is 0 Å². The standard InChI is InChI=1S/C16H19BrN4O2/c17-13-1-3-14(4-2-13)23-12-11-21-10-7-19-15(16(21)22)20-8-5-18-6-9-20/h1-4,7,10,18H,5-6,8-9,11-12H2. The predicted molar refractivity (Wildman–Crippen MR) is 93.2 cm³/mol. The van der Waals surface area contributed by atoms with Crippen LogP contribution in [-0.2, 0) is 6.54 Å². The first-order valence-electron chi connectivity index (χ1n) is 7.63. The van der Waals surface area contributed by atoms with Gasteiger partial charge in [0.25, 0.3) is 5.56 Å². The van der Waals surface area contributed by atoms with Crippen molar-refractivity contribution in [3.63, 3.8) is 0 Å². The molecular formula is C16H19BrN4O2. The molecule has 0 atom stereocenters. The molecule has 2 aromatic rings. The summed E-state index contributed by atoms with van der Waals surface area (Å²) in [5.74, 6) is 1.32. The van der Waals surface area contributed by atoms with Gasteiger partial charge in [-0.3, -0.25) is 4.79 Å². The third-order valence-corrected chi connectivity index (χ3v) is 4.26. The predicted octanol–water partition coefficient (Wildman–Crippen LogP) is 1.49. The van der Waals surface area contributed by atoms with E-state index in [0.717, 1.165) is 36.4 Å². The van der Waals surface area contributed by atoms with Crippen LogP contribution in [0.25, 0.3) is 0 Å². The zero-order valence-corrected chi connectivity index (χ0v) is 14.3. The fourth-order valence-electron chi connectivity index (χ4n) is 2.50. The van der Waals surface area contributed by atoms with Gasteiger partial charge in [-0.2, -0.15) is 0 Å². The van der Waals surface area contributed by atoms with E-state index < -0.39 is 0 Å². The lowest BCUT2D eigenvalue weighted by molar-refractivity contribution is 0.296. The van der Waals surface area contributed by atoms with Crippen molar-refractivity contribution in [2.24, 2.45) is 0 Å². The molecule has 122 valence electrons. The number of anilines is 1. The second-order valence-electron chi connectivity index (χ2n) is 5.29. The van der Waals surface area contributed by atoms with Crippen LogP contribution in [0, 0.1) is 0 Å². The highest BCUT2D eigenvalue weighted by Gasteiger charge is 2.15. The lowest BCUT2D eigenvalue weighted by Gasteiger charge is -2.27. The highest BCUT2D eigenvalue weighted by molar-refractivity contribution is 9.10. The van der Waals surface area contributed by atoms with E-state index in [-0.39, 0.29) is 5.56 Å². The van der Waals surface area contributed by atoms with Gasteiger partial charge in [0.1, 0.15) is 12.4 Å². The van der Waals surface area contributed by atoms with E-state index in [2.05, 4.69) is 26.2 Å². The first kappa shape index (κ1) is 16.0. The topological polar surface area (TPSA) is 59.4 Å². The van der Waals surface area contributed by atoms with Crippen LogP contribution >= 0.6 is 15.9 Å². The molecule has 3 rings (SSSR count). The number of nitrogens with one attached hydrogen (secondary N) is 1. The van der Waals surface area contributed by atoms with Gasteiger partial charge in [-0.1, -0.05) is 15.9 Å². The number of benzene rings is 1. The summed E-state index contributed by atoms with van der Waals surface area (Å²) in [6.45, 7) is 4.30. The molecule has 1 saturated heterocycles. The Morgan fingerprint density at radius 2 is 1.96 bits per heavy atom. The summed E-state index contributed by atoms with van der Waals surface area (Å²) in [6, 6.07) is 7.64. The first-order chi connectivity index (χ1) is 11.2. The Labute approximate surface area is 143 Å². The van der Waals surface area contributed by atoms with E-state index in [1.165, 1.54) is 0 Å². The minimum Gasteiger partial charge on any atom is -0.492 e. The molecule has 0 aliphatic carbocycles. The van der Waals surface area contributed by atoms with Crippen molar-refractivity contribution >= 4 is 21.7 Å². The third-order valence-electron chi connectivity index (χ3n) is 3.73. The molecule has 1 N–H and O–H groups in total. The van der Waals surface area contributed by atoms with Crippen LogP contribution in [0.4, 0.5) is 5.82 Å². The zero-order chi connectivity index (χ0) is 16.1. The second-order valence-corrected chi connectivity index (χ2v) is 6.20. The molecule has 0 bridgehead atoms. The lowest BCUT2D eigenvalue weighted by Crippen LogP contribution is -2.46. The largest absolute Gasteiger partial charge is 0.492 e. The minimum atomic E-state index is -0.0613. The van der Waals surface area contributed by atoms with Crippen LogP contribution in [-0.4, -0.2) is 42.3 Å². The van der Waals surface area contributed by atoms with E-state index >= 15 is 0 Å². The van der Waals surface area contributed by atoms with Crippen molar-refractivity contribution in [3.05, 3.63) is 51.5 Å². The molecular weight excluding hydrogens is 360 g/mol. The van der Waals surface area contributed by atoms with Gasteiger partial charge < -0.3 is 19.5 Å². The van der Waals surface area contributed by atoms with Crippen LogP contribution in [0.3, 0.4) is 0 Å². The molecule has 1 fully saturated rings. The highest BCUT2D eigenvalue weighted by atomic mass is 79.9. The van der Waals surface area contributed by atoms with Gasteiger partial charge in [-0.05, 0) is 24.3 Å². The first-order valence-corrected chi connectivity index (χ1v) is 8.43. The Bertz CT molecular complexity index is 696. The van der Waals surface area contributed by atoms with Crippen LogP contribution in [0.5, 0.6) is 5.75 Å². The van der Waals surface area contributed by atoms with Gasteiger partial charge in [0.05, 0.1) is 6.54 Å².